The third kappa shape index (κ3) is 3.21. The summed E-state index contributed by atoms with van der Waals surface area (Å²) in [7, 11) is 0. The first-order valence-electron chi connectivity index (χ1n) is 5.25. The summed E-state index contributed by atoms with van der Waals surface area (Å²) in [6, 6.07) is 7.87. The summed E-state index contributed by atoms with van der Waals surface area (Å²) in [4.78, 5) is 4.25. The smallest absolute Gasteiger partial charge is 0.219 e. The maximum atomic E-state index is 13.0. The number of halogens is 3. The number of hydrogen-bond acceptors (Lipinski definition) is 2. The zero-order valence-corrected chi connectivity index (χ0v) is 11.9. The van der Waals surface area contributed by atoms with Crippen LogP contribution in [0.15, 0.2) is 34.8 Å². The number of rotatable bonds is 3. The quantitative estimate of drug-likeness (QED) is 0.753. The van der Waals surface area contributed by atoms with Gasteiger partial charge in [-0.2, -0.15) is 0 Å². The molecular formula is C13H10BrClFNO. The van der Waals surface area contributed by atoms with Crippen molar-refractivity contribution in [2.75, 3.05) is 0 Å². The molecule has 0 spiro atoms. The van der Waals surface area contributed by atoms with Gasteiger partial charge in [0.05, 0.1) is 4.47 Å². The van der Waals surface area contributed by atoms with E-state index in [1.54, 1.807) is 12.1 Å². The first kappa shape index (κ1) is 13.3. The van der Waals surface area contributed by atoms with E-state index >= 15 is 0 Å². The largest absolute Gasteiger partial charge is 0.438 e. The van der Waals surface area contributed by atoms with E-state index in [0.29, 0.717) is 22.0 Å². The zero-order valence-electron chi connectivity index (χ0n) is 9.58. The number of nitrogens with zero attached hydrogens (tertiary/aromatic N) is 1. The normalized spacial score (nSPS) is 10.4. The highest BCUT2D eigenvalue weighted by Gasteiger charge is 2.06. The van der Waals surface area contributed by atoms with Gasteiger partial charge in [0, 0.05) is 17.6 Å². The lowest BCUT2D eigenvalue weighted by Gasteiger charge is -2.08. The third-order valence-electron chi connectivity index (χ3n) is 2.25. The number of pyridine rings is 1. The SMILES string of the molecule is Cc1cc(CCl)cc(Oc2ccc(F)cc2Br)n1. The Hall–Kier alpha value is -1.13. The summed E-state index contributed by atoms with van der Waals surface area (Å²) in [6.45, 7) is 1.86. The van der Waals surface area contributed by atoms with Crippen molar-refractivity contribution in [1.29, 1.82) is 0 Å². The molecule has 0 atom stereocenters. The number of aryl methyl sites for hydroxylation is 1. The molecule has 5 heteroatoms. The lowest BCUT2D eigenvalue weighted by Crippen LogP contribution is -1.93. The van der Waals surface area contributed by atoms with E-state index in [0.717, 1.165) is 11.3 Å². The Kier molecular flexibility index (Phi) is 4.19. The van der Waals surface area contributed by atoms with Crippen molar-refractivity contribution in [2.24, 2.45) is 0 Å². The second kappa shape index (κ2) is 5.67. The molecule has 1 aromatic carbocycles. The Morgan fingerprint density at radius 1 is 1.33 bits per heavy atom. The minimum Gasteiger partial charge on any atom is -0.438 e. The van der Waals surface area contributed by atoms with E-state index in [-0.39, 0.29) is 5.82 Å². The van der Waals surface area contributed by atoms with Gasteiger partial charge in [-0.3, -0.25) is 0 Å². The zero-order chi connectivity index (χ0) is 13.1. The van der Waals surface area contributed by atoms with Crippen LogP contribution in [0.5, 0.6) is 11.6 Å². The molecule has 0 aliphatic carbocycles. The van der Waals surface area contributed by atoms with Crippen LogP contribution in [0.3, 0.4) is 0 Å². The van der Waals surface area contributed by atoms with Gasteiger partial charge >= 0.3 is 0 Å². The molecule has 0 aliphatic heterocycles. The lowest BCUT2D eigenvalue weighted by molar-refractivity contribution is 0.456. The van der Waals surface area contributed by atoms with Crippen LogP contribution in [0.2, 0.25) is 0 Å². The Morgan fingerprint density at radius 2 is 2.11 bits per heavy atom. The molecule has 2 nitrogen and oxygen atoms in total. The Balaban J connectivity index is 2.30. The summed E-state index contributed by atoms with van der Waals surface area (Å²) in [5, 5.41) is 0. The van der Waals surface area contributed by atoms with Crippen molar-refractivity contribution in [2.45, 2.75) is 12.8 Å². The van der Waals surface area contributed by atoms with Crippen molar-refractivity contribution in [3.05, 3.63) is 51.9 Å². The highest BCUT2D eigenvalue weighted by atomic mass is 79.9. The summed E-state index contributed by atoms with van der Waals surface area (Å²) < 4.78 is 19.1. The predicted octanol–water partition coefficient (Wildman–Crippen LogP) is 4.82. The van der Waals surface area contributed by atoms with Gasteiger partial charge in [0.1, 0.15) is 11.6 Å². The molecule has 0 bridgehead atoms. The molecular weight excluding hydrogens is 321 g/mol. The predicted molar refractivity (Wildman–Crippen MR) is 72.7 cm³/mol. The molecule has 94 valence electrons. The van der Waals surface area contributed by atoms with Crippen LogP contribution in [0.25, 0.3) is 0 Å². The van der Waals surface area contributed by atoms with Crippen LogP contribution in [0.4, 0.5) is 4.39 Å². The van der Waals surface area contributed by atoms with Gasteiger partial charge in [0.25, 0.3) is 0 Å². The van der Waals surface area contributed by atoms with Gasteiger partial charge < -0.3 is 4.74 Å². The van der Waals surface area contributed by atoms with E-state index < -0.39 is 0 Å². The van der Waals surface area contributed by atoms with E-state index in [1.807, 2.05) is 13.0 Å². The summed E-state index contributed by atoms with van der Waals surface area (Å²) in [5.41, 5.74) is 1.75. The molecule has 1 heterocycles. The number of hydrogen-bond donors (Lipinski definition) is 0. The standard InChI is InChI=1S/C13H10BrClFNO/c1-8-4-9(7-15)5-13(17-8)18-12-3-2-10(16)6-11(12)14/h2-6H,7H2,1H3. The second-order valence-corrected chi connectivity index (χ2v) is 4.89. The molecule has 0 fully saturated rings. The van der Waals surface area contributed by atoms with E-state index in [1.165, 1.54) is 12.1 Å². The van der Waals surface area contributed by atoms with Gasteiger partial charge in [-0.1, -0.05) is 0 Å². The Bertz CT molecular complexity index is 577. The van der Waals surface area contributed by atoms with Gasteiger partial charge in [0.2, 0.25) is 5.88 Å². The fraction of sp³-hybridized carbons (Fsp3) is 0.154. The number of benzene rings is 1. The molecule has 2 rings (SSSR count). The Morgan fingerprint density at radius 3 is 2.78 bits per heavy atom. The molecule has 0 amide bonds. The van der Waals surface area contributed by atoms with Crippen LogP contribution < -0.4 is 4.74 Å². The first-order valence-corrected chi connectivity index (χ1v) is 6.57. The van der Waals surface area contributed by atoms with Crippen LogP contribution >= 0.6 is 27.5 Å². The van der Waals surface area contributed by atoms with Crippen LogP contribution in [0, 0.1) is 12.7 Å². The minimum absolute atomic E-state index is 0.326. The molecule has 2 aromatic rings. The fourth-order valence-corrected chi connectivity index (χ4v) is 2.09. The third-order valence-corrected chi connectivity index (χ3v) is 3.18. The lowest BCUT2D eigenvalue weighted by atomic mass is 10.2. The molecule has 0 saturated heterocycles. The minimum atomic E-state index is -0.326. The average Bonchev–Trinajstić information content (AvgIpc) is 2.32. The summed E-state index contributed by atoms with van der Waals surface area (Å²) in [5.74, 6) is 1.02. The van der Waals surface area contributed by atoms with Crippen molar-refractivity contribution >= 4 is 27.5 Å². The molecule has 1 aromatic heterocycles. The van der Waals surface area contributed by atoms with Gasteiger partial charge in [-0.25, -0.2) is 9.37 Å². The van der Waals surface area contributed by atoms with Crippen molar-refractivity contribution in [1.82, 2.24) is 4.98 Å². The molecule has 0 unspecified atom stereocenters. The first-order chi connectivity index (χ1) is 8.58. The topological polar surface area (TPSA) is 22.1 Å². The number of alkyl halides is 1. The maximum Gasteiger partial charge on any atom is 0.219 e. The highest BCUT2D eigenvalue weighted by molar-refractivity contribution is 9.10. The second-order valence-electron chi connectivity index (χ2n) is 3.77. The molecule has 0 aliphatic rings. The van der Waals surface area contributed by atoms with E-state index in [9.17, 15) is 4.39 Å². The van der Waals surface area contributed by atoms with Crippen molar-refractivity contribution in [3.8, 4) is 11.6 Å². The summed E-state index contributed by atoms with van der Waals surface area (Å²) in [6.07, 6.45) is 0. The van der Waals surface area contributed by atoms with Gasteiger partial charge in [-0.15, -0.1) is 11.6 Å². The van der Waals surface area contributed by atoms with E-state index in [2.05, 4.69) is 20.9 Å². The van der Waals surface area contributed by atoms with Crippen LogP contribution in [-0.4, -0.2) is 4.98 Å². The fourth-order valence-electron chi connectivity index (χ4n) is 1.51. The highest BCUT2D eigenvalue weighted by Crippen LogP contribution is 2.30. The maximum absolute atomic E-state index is 13.0. The summed E-state index contributed by atoms with van der Waals surface area (Å²) >= 11 is 9.02. The molecule has 0 radical (unpaired) electrons. The Labute approximate surface area is 118 Å². The molecule has 0 N–H and O–H groups in total. The van der Waals surface area contributed by atoms with Crippen LogP contribution in [0.1, 0.15) is 11.3 Å². The monoisotopic (exact) mass is 329 g/mol. The van der Waals surface area contributed by atoms with E-state index in [4.69, 9.17) is 16.3 Å². The van der Waals surface area contributed by atoms with Crippen molar-refractivity contribution in [3.63, 3.8) is 0 Å². The van der Waals surface area contributed by atoms with Crippen LogP contribution in [-0.2, 0) is 5.88 Å². The van der Waals surface area contributed by atoms with Gasteiger partial charge in [-0.05, 0) is 52.7 Å². The molecule has 0 saturated carbocycles. The van der Waals surface area contributed by atoms with Crippen molar-refractivity contribution < 1.29 is 9.13 Å². The molecule has 18 heavy (non-hydrogen) atoms. The average molecular weight is 331 g/mol. The number of ether oxygens (including phenoxy) is 1. The van der Waals surface area contributed by atoms with Gasteiger partial charge in [0.15, 0.2) is 0 Å². The number of aromatic nitrogens is 1.